The summed E-state index contributed by atoms with van der Waals surface area (Å²) in [4.78, 5) is 29.2. The van der Waals surface area contributed by atoms with Crippen LogP contribution in [0.1, 0.15) is 46.8 Å². The first-order valence-electron chi connectivity index (χ1n) is 9.29. The number of carboxylic acids is 1. The van der Waals surface area contributed by atoms with E-state index in [4.69, 9.17) is 4.74 Å². The summed E-state index contributed by atoms with van der Waals surface area (Å²) in [7, 11) is 0. The summed E-state index contributed by atoms with van der Waals surface area (Å²) in [5, 5.41) is 9.69. The largest absolute Gasteiger partial charge is 0.480 e. The summed E-state index contributed by atoms with van der Waals surface area (Å²) in [5.41, 5.74) is 2.64. The van der Waals surface area contributed by atoms with Gasteiger partial charge in [-0.2, -0.15) is 0 Å². The van der Waals surface area contributed by atoms with Crippen molar-refractivity contribution in [2.75, 3.05) is 26.2 Å². The van der Waals surface area contributed by atoms with Gasteiger partial charge in [0, 0.05) is 31.5 Å². The van der Waals surface area contributed by atoms with Gasteiger partial charge in [-0.1, -0.05) is 24.6 Å². The van der Waals surface area contributed by atoms with Gasteiger partial charge in [-0.25, -0.2) is 4.79 Å². The Balaban J connectivity index is 2.00. The third kappa shape index (κ3) is 3.12. The van der Waals surface area contributed by atoms with E-state index in [1.807, 2.05) is 32.9 Å². The average Bonchev–Trinajstić information content (AvgIpc) is 2.93. The number of hydrogen-bond donors (Lipinski definition) is 1. The van der Waals surface area contributed by atoms with Crippen LogP contribution >= 0.6 is 0 Å². The summed E-state index contributed by atoms with van der Waals surface area (Å²) >= 11 is 0. The monoisotopic (exact) mass is 360 g/mol. The molecule has 1 N–H and O–H groups in total. The molecule has 3 rings (SSSR count). The van der Waals surface area contributed by atoms with Gasteiger partial charge in [0.05, 0.1) is 6.61 Å². The lowest BCUT2D eigenvalue weighted by Crippen LogP contribution is -2.58. The van der Waals surface area contributed by atoms with Crippen LogP contribution in [0.3, 0.4) is 0 Å². The lowest BCUT2D eigenvalue weighted by atomic mass is 9.94. The highest BCUT2D eigenvalue weighted by molar-refractivity contribution is 6.00. The van der Waals surface area contributed by atoms with Crippen molar-refractivity contribution >= 4 is 11.9 Å². The van der Waals surface area contributed by atoms with Crippen molar-refractivity contribution in [1.29, 1.82) is 0 Å². The molecule has 2 fully saturated rings. The number of hydrogen-bond acceptors (Lipinski definition) is 4. The second-order valence-corrected chi connectivity index (χ2v) is 7.49. The first-order valence-corrected chi connectivity index (χ1v) is 9.29. The molecule has 0 saturated carbocycles. The fourth-order valence-corrected chi connectivity index (χ4v) is 4.41. The van der Waals surface area contributed by atoms with Gasteiger partial charge < -0.3 is 14.7 Å². The second-order valence-electron chi connectivity index (χ2n) is 7.49. The van der Waals surface area contributed by atoms with Gasteiger partial charge in [0.15, 0.2) is 6.04 Å². The maximum absolute atomic E-state index is 13.5. The number of likely N-dealkylation sites (tertiary alicyclic amines) is 1. The molecule has 1 atom stereocenters. The third-order valence-corrected chi connectivity index (χ3v) is 5.74. The molecule has 26 heavy (non-hydrogen) atoms. The highest BCUT2D eigenvalue weighted by atomic mass is 16.5. The van der Waals surface area contributed by atoms with Crippen molar-refractivity contribution < 1.29 is 19.4 Å². The highest BCUT2D eigenvalue weighted by Crippen LogP contribution is 2.39. The van der Waals surface area contributed by atoms with E-state index in [-0.39, 0.29) is 12.5 Å². The number of ether oxygens (including phenoxy) is 1. The molecule has 142 valence electrons. The zero-order valence-electron chi connectivity index (χ0n) is 16.0. The Morgan fingerprint density at radius 1 is 1.19 bits per heavy atom. The van der Waals surface area contributed by atoms with Crippen LogP contribution in [-0.2, 0) is 9.53 Å². The molecule has 1 aromatic carbocycles. The molecule has 2 saturated heterocycles. The molecule has 0 aromatic heterocycles. The minimum atomic E-state index is -1.00. The molecule has 6 heteroatoms. The minimum absolute atomic E-state index is 0.0527. The number of benzene rings is 1. The smallest absolute Gasteiger partial charge is 0.328 e. The van der Waals surface area contributed by atoms with Crippen LogP contribution in [0.2, 0.25) is 0 Å². The van der Waals surface area contributed by atoms with Crippen molar-refractivity contribution in [3.05, 3.63) is 34.4 Å². The standard InChI is InChI=1S/C20H28N2O4/c1-5-21-8-6-20(7-9-21)22(16(12-26-20)19(24)25)18(23)17-14(3)10-13(2)11-15(17)4/h10-11,16H,5-9,12H2,1-4H3,(H,24,25)/t16-/m0/s1. The van der Waals surface area contributed by atoms with Gasteiger partial charge in [-0.05, 0) is 38.4 Å². The molecule has 0 radical (unpaired) electrons. The summed E-state index contributed by atoms with van der Waals surface area (Å²) in [5.74, 6) is -1.23. The number of piperidine rings is 1. The number of nitrogens with zero attached hydrogens (tertiary/aromatic N) is 2. The van der Waals surface area contributed by atoms with Gasteiger partial charge in [0.25, 0.3) is 5.91 Å². The number of carbonyl (C=O) groups is 2. The molecule has 2 aliphatic heterocycles. The third-order valence-electron chi connectivity index (χ3n) is 5.74. The maximum atomic E-state index is 13.5. The summed E-state index contributed by atoms with van der Waals surface area (Å²) in [6, 6.07) is 3.01. The summed E-state index contributed by atoms with van der Waals surface area (Å²) in [6.07, 6.45) is 1.28. The zero-order chi connectivity index (χ0) is 19.1. The summed E-state index contributed by atoms with van der Waals surface area (Å²) < 4.78 is 6.00. The second kappa shape index (κ2) is 7.00. The molecule has 1 amide bonds. The Hall–Kier alpha value is -1.92. The number of carbonyl (C=O) groups excluding carboxylic acids is 1. The van der Waals surface area contributed by atoms with Crippen molar-refractivity contribution in [3.63, 3.8) is 0 Å². The number of carboxylic acid groups (broad SMARTS) is 1. The van der Waals surface area contributed by atoms with E-state index >= 15 is 0 Å². The number of amides is 1. The predicted octanol–water partition coefficient (Wildman–Crippen LogP) is 2.35. The van der Waals surface area contributed by atoms with Gasteiger partial charge >= 0.3 is 5.97 Å². The van der Waals surface area contributed by atoms with E-state index < -0.39 is 17.7 Å². The predicted molar refractivity (Wildman–Crippen MR) is 98.3 cm³/mol. The normalized spacial score (nSPS) is 22.8. The molecule has 2 heterocycles. The van der Waals surface area contributed by atoms with Gasteiger partial charge in [-0.15, -0.1) is 0 Å². The van der Waals surface area contributed by atoms with E-state index in [0.29, 0.717) is 18.4 Å². The molecule has 0 unspecified atom stereocenters. The molecule has 6 nitrogen and oxygen atoms in total. The van der Waals surface area contributed by atoms with Crippen molar-refractivity contribution in [2.45, 2.75) is 52.3 Å². The molecular formula is C20H28N2O4. The highest BCUT2D eigenvalue weighted by Gasteiger charge is 2.54. The Morgan fingerprint density at radius 2 is 1.77 bits per heavy atom. The number of aryl methyl sites for hydroxylation is 3. The lowest BCUT2D eigenvalue weighted by Gasteiger charge is -2.44. The molecular weight excluding hydrogens is 332 g/mol. The van der Waals surface area contributed by atoms with E-state index in [1.165, 1.54) is 4.90 Å². The van der Waals surface area contributed by atoms with Crippen LogP contribution in [0, 0.1) is 20.8 Å². The average molecular weight is 360 g/mol. The van der Waals surface area contributed by atoms with Crippen LogP contribution in [0.25, 0.3) is 0 Å². The Kier molecular flexibility index (Phi) is 5.08. The van der Waals surface area contributed by atoms with Crippen LogP contribution in [0.4, 0.5) is 0 Å². The quantitative estimate of drug-likeness (QED) is 0.896. The first kappa shape index (κ1) is 18.9. The van der Waals surface area contributed by atoms with E-state index in [2.05, 4.69) is 11.8 Å². The minimum Gasteiger partial charge on any atom is -0.480 e. The fourth-order valence-electron chi connectivity index (χ4n) is 4.41. The Labute approximate surface area is 154 Å². The molecule has 1 spiro atoms. The topological polar surface area (TPSA) is 70.1 Å². The van der Waals surface area contributed by atoms with E-state index in [1.54, 1.807) is 0 Å². The van der Waals surface area contributed by atoms with E-state index in [9.17, 15) is 14.7 Å². The Bertz CT molecular complexity index is 700. The van der Waals surface area contributed by atoms with Crippen molar-refractivity contribution in [3.8, 4) is 0 Å². The lowest BCUT2D eigenvalue weighted by molar-refractivity contribution is -0.143. The molecule has 0 aliphatic carbocycles. The van der Waals surface area contributed by atoms with Crippen LogP contribution in [0.15, 0.2) is 12.1 Å². The summed E-state index contributed by atoms with van der Waals surface area (Å²) in [6.45, 7) is 10.5. The van der Waals surface area contributed by atoms with Gasteiger partial charge in [0.2, 0.25) is 0 Å². The maximum Gasteiger partial charge on any atom is 0.328 e. The first-order chi connectivity index (χ1) is 12.3. The van der Waals surface area contributed by atoms with Crippen LogP contribution in [-0.4, -0.2) is 64.8 Å². The van der Waals surface area contributed by atoms with Crippen molar-refractivity contribution in [2.24, 2.45) is 0 Å². The van der Waals surface area contributed by atoms with Crippen LogP contribution < -0.4 is 0 Å². The van der Waals surface area contributed by atoms with Crippen LogP contribution in [0.5, 0.6) is 0 Å². The van der Waals surface area contributed by atoms with E-state index in [0.717, 1.165) is 36.3 Å². The molecule has 1 aromatic rings. The molecule has 0 bridgehead atoms. The SMILES string of the molecule is CCN1CCC2(CC1)OC[C@@H](C(=O)O)N2C(=O)c1c(C)cc(C)cc1C. The van der Waals surface area contributed by atoms with Gasteiger partial charge in [0.1, 0.15) is 5.72 Å². The number of aliphatic carboxylic acids is 1. The number of rotatable bonds is 3. The van der Waals surface area contributed by atoms with Gasteiger partial charge in [-0.3, -0.25) is 9.69 Å². The fraction of sp³-hybridized carbons (Fsp3) is 0.600. The van der Waals surface area contributed by atoms with Crippen molar-refractivity contribution in [1.82, 2.24) is 9.80 Å². The molecule has 2 aliphatic rings. The Morgan fingerprint density at radius 3 is 2.27 bits per heavy atom. The zero-order valence-corrected chi connectivity index (χ0v) is 16.0.